The number of allylic oxidation sites excluding steroid dienone is 2. The molecule has 0 aliphatic heterocycles. The molecule has 0 atom stereocenters. The van der Waals surface area contributed by atoms with E-state index in [0.717, 1.165) is 11.1 Å². The van der Waals surface area contributed by atoms with E-state index in [2.05, 4.69) is 13.2 Å². The molecule has 22 heavy (non-hydrogen) atoms. The van der Waals surface area contributed by atoms with E-state index < -0.39 is 0 Å². The summed E-state index contributed by atoms with van der Waals surface area (Å²) in [5.74, 6) is -0.126. The summed E-state index contributed by atoms with van der Waals surface area (Å²) < 4.78 is 0. The summed E-state index contributed by atoms with van der Waals surface area (Å²) >= 11 is 1.25. The first kappa shape index (κ1) is 18.4. The Morgan fingerprint density at radius 2 is 1.23 bits per heavy atom. The normalized spacial score (nSPS) is 9.82. The molecule has 2 rings (SSSR count). The molecule has 2 aromatic carbocycles. The van der Waals surface area contributed by atoms with Gasteiger partial charge < -0.3 is 10.2 Å². The second kappa shape index (κ2) is 8.73. The Morgan fingerprint density at radius 1 is 0.818 bits per heavy atom. The maximum atomic E-state index is 12.1. The molecule has 0 bridgehead atoms. The number of benzene rings is 2. The number of rotatable bonds is 6. The largest absolute Gasteiger partial charge is 2.00 e. The van der Waals surface area contributed by atoms with Crippen molar-refractivity contribution in [3.63, 3.8) is 0 Å². The molecule has 1 radical (unpaired) electrons. The molecule has 0 unspecified atom stereocenters. The van der Waals surface area contributed by atoms with Gasteiger partial charge in [0.25, 0.3) is 0 Å². The third-order valence-corrected chi connectivity index (χ3v) is 4.39. The Kier molecular flexibility index (Phi) is 7.31. The van der Waals surface area contributed by atoms with Crippen LogP contribution in [0.5, 0.6) is 11.5 Å². The molecular formula is C18H16CoO2S. The van der Waals surface area contributed by atoms with E-state index in [1.54, 1.807) is 24.3 Å². The van der Waals surface area contributed by atoms with Gasteiger partial charge in [0, 0.05) is 9.79 Å². The van der Waals surface area contributed by atoms with Crippen molar-refractivity contribution in [3.8, 4) is 11.5 Å². The van der Waals surface area contributed by atoms with Crippen LogP contribution in [0.25, 0.3) is 0 Å². The molecule has 0 aliphatic rings. The van der Waals surface area contributed by atoms with Crippen molar-refractivity contribution in [3.05, 3.63) is 72.8 Å². The van der Waals surface area contributed by atoms with Gasteiger partial charge in [-0.1, -0.05) is 71.8 Å². The maximum absolute atomic E-state index is 12.1. The Bertz CT molecular complexity index is 611. The topological polar surface area (TPSA) is 46.1 Å². The Hall–Kier alpha value is -1.62. The van der Waals surface area contributed by atoms with E-state index in [9.17, 15) is 10.2 Å². The van der Waals surface area contributed by atoms with E-state index in [4.69, 9.17) is 0 Å². The summed E-state index contributed by atoms with van der Waals surface area (Å²) in [4.78, 5) is 1.21. The third kappa shape index (κ3) is 4.19. The van der Waals surface area contributed by atoms with Gasteiger partial charge in [0.1, 0.15) is 0 Å². The molecule has 115 valence electrons. The standard InChI is InChI=1S/C18H18O2S.Co/c1-3-7-13-9-5-11-15(19)17(13)21-18-14(8-4-2)10-6-12-16(18)20;/h3-6,9-12,19-20H,1-2,7-8H2;/q;+2/p-2. The van der Waals surface area contributed by atoms with Gasteiger partial charge in [-0.15, -0.1) is 13.2 Å². The van der Waals surface area contributed by atoms with Gasteiger partial charge in [-0.3, -0.25) is 0 Å². The molecule has 0 heterocycles. The smallest absolute Gasteiger partial charge is 0.872 e. The molecule has 0 fully saturated rings. The minimum absolute atomic E-state index is 0. The zero-order valence-corrected chi connectivity index (χ0v) is 13.9. The van der Waals surface area contributed by atoms with Crippen molar-refractivity contribution < 1.29 is 27.0 Å². The second-order valence-corrected chi connectivity index (χ2v) is 5.60. The van der Waals surface area contributed by atoms with Crippen LogP contribution in [0.2, 0.25) is 0 Å². The minimum Gasteiger partial charge on any atom is -0.872 e. The molecule has 0 amide bonds. The van der Waals surface area contributed by atoms with Gasteiger partial charge in [0.05, 0.1) is 0 Å². The Morgan fingerprint density at radius 3 is 1.59 bits per heavy atom. The van der Waals surface area contributed by atoms with E-state index in [0.29, 0.717) is 22.6 Å². The monoisotopic (exact) mass is 355 g/mol. The predicted molar refractivity (Wildman–Crippen MR) is 83.7 cm³/mol. The molecule has 0 saturated carbocycles. The molecule has 2 nitrogen and oxygen atoms in total. The predicted octanol–water partition coefficient (Wildman–Crippen LogP) is 3.44. The summed E-state index contributed by atoms with van der Waals surface area (Å²) in [6, 6.07) is 10.3. The van der Waals surface area contributed by atoms with Crippen LogP contribution in [-0.4, -0.2) is 0 Å². The van der Waals surface area contributed by atoms with Crippen molar-refractivity contribution in [1.29, 1.82) is 0 Å². The van der Waals surface area contributed by atoms with Crippen LogP contribution in [0.15, 0.2) is 71.5 Å². The van der Waals surface area contributed by atoms with E-state index in [1.165, 1.54) is 23.9 Å². The van der Waals surface area contributed by atoms with Gasteiger partial charge in [-0.25, -0.2) is 0 Å². The van der Waals surface area contributed by atoms with Crippen molar-refractivity contribution in [2.75, 3.05) is 0 Å². The van der Waals surface area contributed by atoms with E-state index >= 15 is 0 Å². The molecular weight excluding hydrogens is 339 g/mol. The maximum Gasteiger partial charge on any atom is 2.00 e. The molecule has 2 aromatic rings. The molecule has 4 heteroatoms. The van der Waals surface area contributed by atoms with Gasteiger partial charge >= 0.3 is 16.8 Å². The third-order valence-electron chi connectivity index (χ3n) is 3.05. The van der Waals surface area contributed by atoms with Crippen molar-refractivity contribution >= 4 is 11.8 Å². The van der Waals surface area contributed by atoms with Crippen LogP contribution in [0.4, 0.5) is 0 Å². The van der Waals surface area contributed by atoms with Gasteiger partial charge in [0.2, 0.25) is 0 Å². The molecule has 0 N–H and O–H groups in total. The summed E-state index contributed by atoms with van der Waals surface area (Å²) in [6.07, 6.45) is 4.73. The summed E-state index contributed by atoms with van der Waals surface area (Å²) in [5, 5.41) is 24.2. The first-order valence-electron chi connectivity index (χ1n) is 6.64. The fourth-order valence-corrected chi connectivity index (χ4v) is 3.20. The Labute approximate surface area is 145 Å². The van der Waals surface area contributed by atoms with Gasteiger partial charge in [0.15, 0.2) is 0 Å². The van der Waals surface area contributed by atoms with E-state index in [-0.39, 0.29) is 28.3 Å². The van der Waals surface area contributed by atoms with Crippen molar-refractivity contribution in [2.24, 2.45) is 0 Å². The zero-order chi connectivity index (χ0) is 15.2. The van der Waals surface area contributed by atoms with Crippen LogP contribution in [0.3, 0.4) is 0 Å². The van der Waals surface area contributed by atoms with Crippen LogP contribution in [0, 0.1) is 0 Å². The molecule has 0 aliphatic carbocycles. The molecule has 0 spiro atoms. The average Bonchev–Trinajstić information content (AvgIpc) is 2.46. The minimum atomic E-state index is -0.0628. The SMILES string of the molecule is C=CCc1cccc([O-])c1Sc1c([O-])cccc1CC=C.[Co+2]. The van der Waals surface area contributed by atoms with Crippen LogP contribution in [0.1, 0.15) is 11.1 Å². The molecule has 0 aromatic heterocycles. The quantitative estimate of drug-likeness (QED) is 0.746. The molecule has 0 saturated heterocycles. The second-order valence-electron chi connectivity index (χ2n) is 4.58. The zero-order valence-electron chi connectivity index (χ0n) is 12.0. The van der Waals surface area contributed by atoms with Gasteiger partial charge in [-0.05, 0) is 24.0 Å². The van der Waals surface area contributed by atoms with Crippen LogP contribution < -0.4 is 10.2 Å². The fraction of sp³-hybridized carbons (Fsp3) is 0.111. The van der Waals surface area contributed by atoms with Crippen LogP contribution in [-0.2, 0) is 29.6 Å². The first-order valence-corrected chi connectivity index (χ1v) is 7.46. The van der Waals surface area contributed by atoms with Crippen molar-refractivity contribution in [2.45, 2.75) is 22.6 Å². The Balaban J connectivity index is 0.00000242. The summed E-state index contributed by atoms with van der Waals surface area (Å²) in [6.45, 7) is 7.42. The first-order chi connectivity index (χ1) is 10.2. The van der Waals surface area contributed by atoms with E-state index in [1.807, 2.05) is 12.1 Å². The van der Waals surface area contributed by atoms with Crippen LogP contribution >= 0.6 is 11.8 Å². The number of hydrogen-bond donors (Lipinski definition) is 0. The van der Waals surface area contributed by atoms with Crippen molar-refractivity contribution in [1.82, 2.24) is 0 Å². The average molecular weight is 355 g/mol. The van der Waals surface area contributed by atoms with Gasteiger partial charge in [-0.2, -0.15) is 0 Å². The number of hydrogen-bond acceptors (Lipinski definition) is 3. The summed E-state index contributed by atoms with van der Waals surface area (Å²) in [5.41, 5.74) is 1.80. The fourth-order valence-electron chi connectivity index (χ4n) is 2.09. The summed E-state index contributed by atoms with van der Waals surface area (Å²) in [7, 11) is 0.